The summed E-state index contributed by atoms with van der Waals surface area (Å²) in [6.45, 7) is 4.74. The fourth-order valence-corrected chi connectivity index (χ4v) is 4.23. The highest BCUT2D eigenvalue weighted by molar-refractivity contribution is 6.30. The maximum Gasteiger partial charge on any atom is 0.252 e. The molecule has 0 saturated carbocycles. The molecule has 0 bridgehead atoms. The van der Waals surface area contributed by atoms with Gasteiger partial charge in [-0.05, 0) is 47.5 Å². The number of rotatable bonds is 11. The van der Waals surface area contributed by atoms with Crippen molar-refractivity contribution in [3.05, 3.63) is 113 Å². The molecule has 0 aliphatic carbocycles. The van der Waals surface area contributed by atoms with Crippen LogP contribution in [0.1, 0.15) is 35.6 Å². The average molecular weight is 505 g/mol. The average Bonchev–Trinajstić information content (AvgIpc) is 3.30. The number of aliphatic imine (C=N–C) groups is 1. The van der Waals surface area contributed by atoms with Gasteiger partial charge in [0.15, 0.2) is 11.6 Å². The number of ether oxygens (including phenoxy) is 2. The number of nitrogens with one attached hydrogen (secondary N) is 1. The number of aliphatic hydroxyl groups excluding tert-OH is 1. The van der Waals surface area contributed by atoms with E-state index in [1.165, 1.54) is 0 Å². The quantitative estimate of drug-likeness (QED) is 0.276. The molecule has 0 aromatic heterocycles. The van der Waals surface area contributed by atoms with Crippen LogP contribution in [0.5, 0.6) is 5.75 Å². The summed E-state index contributed by atoms with van der Waals surface area (Å²) in [5.74, 6) is 0.822. The van der Waals surface area contributed by atoms with Crippen LogP contribution in [0, 0.1) is 0 Å². The van der Waals surface area contributed by atoms with Gasteiger partial charge in [0.1, 0.15) is 5.75 Å². The molecule has 0 fully saturated rings. The zero-order valence-electron chi connectivity index (χ0n) is 19.9. The van der Waals surface area contributed by atoms with Crippen molar-refractivity contribution in [1.29, 1.82) is 0 Å². The zero-order chi connectivity index (χ0) is 25.4. The second-order valence-corrected chi connectivity index (χ2v) is 8.94. The molecular weight excluding hydrogens is 476 g/mol. The standard InChI is InChI=1S/C29H29ClN2O4/c1-2-17-29(28(34)31-20-21-9-13-24(30)14-10-21)26(22-7-4-3-5-8-22)36-27(32-29)23-11-15-25(16-12-23)35-19-6-18-33/h2-5,7-16,26,33H,1,6,17-20H2,(H,31,34)/t26-,29-/m1/s1. The second kappa shape index (κ2) is 11.9. The van der Waals surface area contributed by atoms with E-state index >= 15 is 0 Å². The third-order valence-electron chi connectivity index (χ3n) is 5.95. The molecule has 7 heteroatoms. The topological polar surface area (TPSA) is 80.2 Å². The van der Waals surface area contributed by atoms with E-state index in [9.17, 15) is 4.79 Å². The van der Waals surface area contributed by atoms with Gasteiger partial charge < -0.3 is 19.9 Å². The van der Waals surface area contributed by atoms with Crippen molar-refractivity contribution in [1.82, 2.24) is 5.32 Å². The van der Waals surface area contributed by atoms with E-state index in [2.05, 4.69) is 11.9 Å². The van der Waals surface area contributed by atoms with E-state index < -0.39 is 11.6 Å². The fourth-order valence-electron chi connectivity index (χ4n) is 4.10. The van der Waals surface area contributed by atoms with Crippen LogP contribution in [0.25, 0.3) is 0 Å². The van der Waals surface area contributed by atoms with Gasteiger partial charge >= 0.3 is 0 Å². The predicted octanol–water partition coefficient (Wildman–Crippen LogP) is 5.25. The molecule has 36 heavy (non-hydrogen) atoms. The summed E-state index contributed by atoms with van der Waals surface area (Å²) in [4.78, 5) is 18.6. The van der Waals surface area contributed by atoms with E-state index in [0.29, 0.717) is 42.7 Å². The maximum atomic E-state index is 13.7. The van der Waals surface area contributed by atoms with Crippen molar-refractivity contribution in [3.8, 4) is 5.75 Å². The van der Waals surface area contributed by atoms with Crippen LogP contribution in [0.4, 0.5) is 0 Å². The lowest BCUT2D eigenvalue weighted by molar-refractivity contribution is -0.129. The lowest BCUT2D eigenvalue weighted by Crippen LogP contribution is -2.47. The van der Waals surface area contributed by atoms with Crippen molar-refractivity contribution in [2.24, 2.45) is 4.99 Å². The number of hydrogen-bond donors (Lipinski definition) is 2. The molecule has 1 amide bonds. The Morgan fingerprint density at radius 3 is 2.50 bits per heavy atom. The molecule has 0 radical (unpaired) electrons. The summed E-state index contributed by atoms with van der Waals surface area (Å²) in [6, 6.07) is 24.3. The molecule has 4 rings (SSSR count). The molecule has 0 spiro atoms. The summed E-state index contributed by atoms with van der Waals surface area (Å²) in [5.41, 5.74) is 1.30. The molecule has 186 valence electrons. The molecule has 2 atom stereocenters. The fraction of sp³-hybridized carbons (Fsp3) is 0.241. The van der Waals surface area contributed by atoms with Gasteiger partial charge in [-0.2, -0.15) is 0 Å². The molecule has 1 aliphatic heterocycles. The highest BCUT2D eigenvalue weighted by Gasteiger charge is 2.52. The summed E-state index contributed by atoms with van der Waals surface area (Å²) in [6.07, 6.45) is 1.93. The Labute approximate surface area is 216 Å². The van der Waals surface area contributed by atoms with Gasteiger partial charge in [-0.3, -0.25) is 4.79 Å². The Kier molecular flexibility index (Phi) is 8.41. The Morgan fingerprint density at radius 2 is 1.83 bits per heavy atom. The smallest absolute Gasteiger partial charge is 0.252 e. The van der Waals surface area contributed by atoms with Gasteiger partial charge in [0, 0.05) is 36.6 Å². The summed E-state index contributed by atoms with van der Waals surface area (Å²) < 4.78 is 12.0. The van der Waals surface area contributed by atoms with Gasteiger partial charge in [0.2, 0.25) is 5.90 Å². The van der Waals surface area contributed by atoms with E-state index in [1.54, 1.807) is 18.2 Å². The summed E-state index contributed by atoms with van der Waals surface area (Å²) in [5, 5.41) is 12.6. The molecule has 3 aromatic rings. The first kappa shape index (κ1) is 25.5. The third-order valence-corrected chi connectivity index (χ3v) is 6.21. The first-order valence-electron chi connectivity index (χ1n) is 11.8. The number of carbonyl (C=O) groups excluding carboxylic acids is 1. The molecule has 2 N–H and O–H groups in total. The lowest BCUT2D eigenvalue weighted by atomic mass is 9.84. The molecule has 0 saturated heterocycles. The van der Waals surface area contributed by atoms with Crippen LogP contribution in [0.2, 0.25) is 5.02 Å². The highest BCUT2D eigenvalue weighted by atomic mass is 35.5. The number of aliphatic hydroxyl groups is 1. The molecule has 1 aliphatic rings. The van der Waals surface area contributed by atoms with E-state index in [1.807, 2.05) is 66.7 Å². The largest absolute Gasteiger partial charge is 0.494 e. The summed E-state index contributed by atoms with van der Waals surface area (Å²) in [7, 11) is 0. The lowest BCUT2D eigenvalue weighted by Gasteiger charge is -2.29. The van der Waals surface area contributed by atoms with Crippen LogP contribution in [-0.2, 0) is 16.1 Å². The maximum absolute atomic E-state index is 13.7. The van der Waals surface area contributed by atoms with Crippen molar-refractivity contribution < 1.29 is 19.4 Å². The first-order chi connectivity index (χ1) is 17.6. The van der Waals surface area contributed by atoms with Gasteiger partial charge in [-0.1, -0.05) is 60.1 Å². The highest BCUT2D eigenvalue weighted by Crippen LogP contribution is 2.42. The van der Waals surface area contributed by atoms with Crippen LogP contribution in [0.3, 0.4) is 0 Å². The minimum atomic E-state index is -1.22. The number of benzene rings is 3. The normalized spacial score (nSPS) is 18.7. The molecule has 3 aromatic carbocycles. The number of nitrogens with zero attached hydrogens (tertiary/aromatic N) is 1. The van der Waals surface area contributed by atoms with Crippen LogP contribution < -0.4 is 10.1 Å². The van der Waals surface area contributed by atoms with Gasteiger partial charge in [0.05, 0.1) is 6.61 Å². The monoisotopic (exact) mass is 504 g/mol. The van der Waals surface area contributed by atoms with Crippen LogP contribution in [0.15, 0.2) is 96.5 Å². The van der Waals surface area contributed by atoms with E-state index in [-0.39, 0.29) is 12.5 Å². The molecule has 1 heterocycles. The van der Waals surface area contributed by atoms with Gasteiger partial charge in [-0.25, -0.2) is 4.99 Å². The van der Waals surface area contributed by atoms with Crippen molar-refractivity contribution in [2.45, 2.75) is 31.0 Å². The SMILES string of the molecule is C=CC[C@@]1(C(=O)NCc2ccc(Cl)cc2)N=C(c2ccc(OCCCO)cc2)O[C@@H]1c1ccccc1. The molecule has 6 nitrogen and oxygen atoms in total. The van der Waals surface area contributed by atoms with Crippen molar-refractivity contribution in [2.75, 3.05) is 13.2 Å². The Morgan fingerprint density at radius 1 is 1.11 bits per heavy atom. The second-order valence-electron chi connectivity index (χ2n) is 8.50. The zero-order valence-corrected chi connectivity index (χ0v) is 20.7. The van der Waals surface area contributed by atoms with Crippen molar-refractivity contribution >= 4 is 23.4 Å². The van der Waals surface area contributed by atoms with E-state index in [4.69, 9.17) is 31.2 Å². The van der Waals surface area contributed by atoms with Gasteiger partial charge in [0.25, 0.3) is 5.91 Å². The first-order valence-corrected chi connectivity index (χ1v) is 12.2. The number of amides is 1. The number of carbonyl (C=O) groups is 1. The molecular formula is C29H29ClN2O4. The minimum absolute atomic E-state index is 0.0784. The van der Waals surface area contributed by atoms with Crippen LogP contribution >= 0.6 is 11.6 Å². The molecule has 0 unspecified atom stereocenters. The third kappa shape index (κ3) is 5.78. The summed E-state index contributed by atoms with van der Waals surface area (Å²) >= 11 is 5.99. The minimum Gasteiger partial charge on any atom is -0.494 e. The number of halogens is 1. The Hall–Kier alpha value is -3.61. The predicted molar refractivity (Wildman–Crippen MR) is 141 cm³/mol. The van der Waals surface area contributed by atoms with Gasteiger partial charge in [-0.15, -0.1) is 6.58 Å². The Bertz CT molecular complexity index is 1200. The number of hydrogen-bond acceptors (Lipinski definition) is 5. The van der Waals surface area contributed by atoms with E-state index in [0.717, 1.165) is 16.7 Å². The Balaban J connectivity index is 1.64. The van der Waals surface area contributed by atoms with Crippen LogP contribution in [-0.4, -0.2) is 35.7 Å². The van der Waals surface area contributed by atoms with Crippen molar-refractivity contribution in [3.63, 3.8) is 0 Å².